The van der Waals surface area contributed by atoms with E-state index in [1.165, 1.54) is 18.3 Å². The second-order valence-corrected chi connectivity index (χ2v) is 6.82. The van der Waals surface area contributed by atoms with Gasteiger partial charge in [-0.3, -0.25) is 14.7 Å². The van der Waals surface area contributed by atoms with Crippen molar-refractivity contribution in [3.63, 3.8) is 0 Å². The zero-order valence-electron chi connectivity index (χ0n) is 14.4. The van der Waals surface area contributed by atoms with Crippen LogP contribution in [0.25, 0.3) is 11.3 Å². The SMILES string of the molecule is NC(=O)C[C@H](NC(=O)c1cn[nH]c1-c1ccccc1F)c1ccc(Cl)c(Cl)c1. The van der Waals surface area contributed by atoms with Crippen LogP contribution in [0.2, 0.25) is 10.0 Å². The molecule has 0 saturated heterocycles. The van der Waals surface area contributed by atoms with Gasteiger partial charge in [-0.2, -0.15) is 5.10 Å². The Balaban J connectivity index is 1.91. The van der Waals surface area contributed by atoms with Crippen LogP contribution in [-0.2, 0) is 4.79 Å². The number of carbonyl (C=O) groups is 2. The number of nitrogens with zero attached hydrogens (tertiary/aromatic N) is 1. The number of nitrogens with two attached hydrogens (primary N) is 1. The average molecular weight is 421 g/mol. The zero-order chi connectivity index (χ0) is 20.3. The van der Waals surface area contributed by atoms with Crippen LogP contribution in [0.5, 0.6) is 0 Å². The first-order valence-corrected chi connectivity index (χ1v) is 8.94. The van der Waals surface area contributed by atoms with Gasteiger partial charge in [-0.05, 0) is 29.8 Å². The Hall–Kier alpha value is -2.90. The molecule has 0 saturated carbocycles. The highest BCUT2D eigenvalue weighted by Gasteiger charge is 2.23. The Morgan fingerprint density at radius 3 is 2.61 bits per heavy atom. The molecule has 0 fully saturated rings. The van der Waals surface area contributed by atoms with Crippen LogP contribution in [-0.4, -0.2) is 22.0 Å². The van der Waals surface area contributed by atoms with Crippen molar-refractivity contribution < 1.29 is 14.0 Å². The first-order chi connectivity index (χ1) is 13.4. The van der Waals surface area contributed by atoms with Crippen molar-refractivity contribution in [1.29, 1.82) is 0 Å². The molecule has 1 atom stereocenters. The van der Waals surface area contributed by atoms with Crippen molar-refractivity contribution in [2.45, 2.75) is 12.5 Å². The molecule has 28 heavy (non-hydrogen) atoms. The fourth-order valence-electron chi connectivity index (χ4n) is 2.75. The number of aromatic amines is 1. The number of rotatable bonds is 6. The zero-order valence-corrected chi connectivity index (χ0v) is 15.9. The molecule has 1 heterocycles. The normalized spacial score (nSPS) is 11.8. The van der Waals surface area contributed by atoms with Crippen LogP contribution in [0.15, 0.2) is 48.7 Å². The van der Waals surface area contributed by atoms with Gasteiger partial charge in [-0.15, -0.1) is 0 Å². The summed E-state index contributed by atoms with van der Waals surface area (Å²) >= 11 is 12.0. The third kappa shape index (κ3) is 4.32. The quantitative estimate of drug-likeness (QED) is 0.563. The number of aromatic nitrogens is 2. The Bertz CT molecular complexity index is 1040. The van der Waals surface area contributed by atoms with E-state index in [1.54, 1.807) is 30.3 Å². The lowest BCUT2D eigenvalue weighted by Crippen LogP contribution is -2.32. The molecule has 2 aromatic carbocycles. The van der Waals surface area contributed by atoms with Crippen LogP contribution < -0.4 is 11.1 Å². The van der Waals surface area contributed by atoms with Gasteiger partial charge in [-0.25, -0.2) is 4.39 Å². The van der Waals surface area contributed by atoms with Crippen molar-refractivity contribution in [3.8, 4) is 11.3 Å². The first-order valence-electron chi connectivity index (χ1n) is 8.19. The smallest absolute Gasteiger partial charge is 0.255 e. The molecular weight excluding hydrogens is 406 g/mol. The van der Waals surface area contributed by atoms with Crippen molar-refractivity contribution >= 4 is 35.0 Å². The van der Waals surface area contributed by atoms with E-state index < -0.39 is 23.7 Å². The molecule has 1 aromatic heterocycles. The summed E-state index contributed by atoms with van der Waals surface area (Å²) in [6.45, 7) is 0. The molecule has 0 spiro atoms. The number of benzene rings is 2. The van der Waals surface area contributed by atoms with Gasteiger partial charge in [0.1, 0.15) is 5.82 Å². The topological polar surface area (TPSA) is 101 Å². The second kappa shape index (κ2) is 8.41. The summed E-state index contributed by atoms with van der Waals surface area (Å²) < 4.78 is 14.1. The summed E-state index contributed by atoms with van der Waals surface area (Å²) in [6.07, 6.45) is 1.13. The molecule has 0 aliphatic rings. The number of hydrogen-bond acceptors (Lipinski definition) is 3. The maximum atomic E-state index is 14.1. The third-order valence-electron chi connectivity index (χ3n) is 4.08. The van der Waals surface area contributed by atoms with E-state index >= 15 is 0 Å². The molecule has 6 nitrogen and oxygen atoms in total. The van der Waals surface area contributed by atoms with E-state index in [4.69, 9.17) is 28.9 Å². The predicted octanol–water partition coefficient (Wildman–Crippen LogP) is 3.87. The lowest BCUT2D eigenvalue weighted by atomic mass is 10.0. The Kier molecular flexibility index (Phi) is 5.96. The molecule has 0 radical (unpaired) electrons. The van der Waals surface area contributed by atoms with Crippen LogP contribution >= 0.6 is 23.2 Å². The molecule has 2 amide bonds. The molecule has 0 bridgehead atoms. The average Bonchev–Trinajstić information content (AvgIpc) is 3.13. The van der Waals surface area contributed by atoms with Crippen molar-refractivity contribution in [2.24, 2.45) is 5.73 Å². The highest BCUT2D eigenvalue weighted by atomic mass is 35.5. The standard InChI is InChI=1S/C19H15Cl2FN4O2/c20-13-6-5-10(7-14(13)21)16(8-17(23)27)25-19(28)12-9-24-26-18(12)11-3-1-2-4-15(11)22/h1-7,9,16H,8H2,(H2,23,27)(H,24,26)(H,25,28)/t16-/m0/s1. The molecule has 0 aliphatic carbocycles. The number of hydrogen-bond donors (Lipinski definition) is 3. The lowest BCUT2D eigenvalue weighted by molar-refractivity contribution is -0.118. The number of nitrogens with one attached hydrogen (secondary N) is 2. The summed E-state index contributed by atoms with van der Waals surface area (Å²) in [5.74, 6) is -1.67. The van der Waals surface area contributed by atoms with Crippen LogP contribution in [0.1, 0.15) is 28.4 Å². The maximum absolute atomic E-state index is 14.1. The monoisotopic (exact) mass is 420 g/mol. The van der Waals surface area contributed by atoms with E-state index in [0.29, 0.717) is 10.6 Å². The van der Waals surface area contributed by atoms with Crippen LogP contribution in [0, 0.1) is 5.82 Å². The van der Waals surface area contributed by atoms with Crippen LogP contribution in [0.3, 0.4) is 0 Å². The van der Waals surface area contributed by atoms with Crippen molar-refractivity contribution in [2.75, 3.05) is 0 Å². The fraction of sp³-hybridized carbons (Fsp3) is 0.105. The van der Waals surface area contributed by atoms with E-state index in [2.05, 4.69) is 15.5 Å². The van der Waals surface area contributed by atoms with E-state index in [0.717, 1.165) is 0 Å². The molecule has 144 valence electrons. The number of amides is 2. The summed E-state index contributed by atoms with van der Waals surface area (Å²) in [4.78, 5) is 24.3. The highest BCUT2D eigenvalue weighted by molar-refractivity contribution is 6.42. The van der Waals surface area contributed by atoms with Gasteiger partial charge in [0, 0.05) is 5.56 Å². The largest absolute Gasteiger partial charge is 0.370 e. The minimum absolute atomic E-state index is 0.125. The predicted molar refractivity (Wildman–Crippen MR) is 104 cm³/mol. The minimum atomic E-state index is -0.747. The van der Waals surface area contributed by atoms with Gasteiger partial charge in [0.15, 0.2) is 0 Å². The van der Waals surface area contributed by atoms with Gasteiger partial charge in [0.2, 0.25) is 5.91 Å². The van der Waals surface area contributed by atoms with Gasteiger partial charge < -0.3 is 11.1 Å². The van der Waals surface area contributed by atoms with Gasteiger partial charge in [-0.1, -0.05) is 41.4 Å². The highest BCUT2D eigenvalue weighted by Crippen LogP contribution is 2.28. The fourth-order valence-corrected chi connectivity index (χ4v) is 3.05. The lowest BCUT2D eigenvalue weighted by Gasteiger charge is -2.18. The van der Waals surface area contributed by atoms with Gasteiger partial charge >= 0.3 is 0 Å². The Labute approximate surface area is 169 Å². The molecule has 3 aromatic rings. The maximum Gasteiger partial charge on any atom is 0.255 e. The summed E-state index contributed by atoms with van der Waals surface area (Å²) in [5.41, 5.74) is 6.42. The molecule has 0 aliphatic heterocycles. The number of carbonyl (C=O) groups excluding carboxylic acids is 2. The molecule has 9 heteroatoms. The van der Waals surface area contributed by atoms with E-state index in [1.807, 2.05) is 0 Å². The number of halogens is 3. The molecule has 4 N–H and O–H groups in total. The minimum Gasteiger partial charge on any atom is -0.370 e. The molecular formula is C19H15Cl2FN4O2. The summed E-state index contributed by atoms with van der Waals surface area (Å²) in [7, 11) is 0. The van der Waals surface area contributed by atoms with Crippen molar-refractivity contribution in [1.82, 2.24) is 15.5 Å². The third-order valence-corrected chi connectivity index (χ3v) is 4.82. The van der Waals surface area contributed by atoms with E-state index in [-0.39, 0.29) is 28.3 Å². The molecule has 0 unspecified atom stereocenters. The second-order valence-electron chi connectivity index (χ2n) is 6.01. The van der Waals surface area contributed by atoms with Gasteiger partial charge in [0.25, 0.3) is 5.91 Å². The number of primary amides is 1. The Morgan fingerprint density at radius 2 is 1.93 bits per heavy atom. The number of H-pyrrole nitrogens is 1. The van der Waals surface area contributed by atoms with Gasteiger partial charge in [0.05, 0.1) is 40.0 Å². The summed E-state index contributed by atoms with van der Waals surface area (Å²) in [6, 6.07) is 9.99. The van der Waals surface area contributed by atoms with E-state index in [9.17, 15) is 14.0 Å². The van der Waals surface area contributed by atoms with Crippen LogP contribution in [0.4, 0.5) is 4.39 Å². The summed E-state index contributed by atoms with van der Waals surface area (Å²) in [5, 5.41) is 9.81. The van der Waals surface area contributed by atoms with Crippen molar-refractivity contribution in [3.05, 3.63) is 75.7 Å². The first kappa shape index (κ1) is 19.9. The molecule has 3 rings (SSSR count). The Morgan fingerprint density at radius 1 is 1.18 bits per heavy atom.